The van der Waals surface area contributed by atoms with Crippen LogP contribution in [0.1, 0.15) is 32.6 Å². The van der Waals surface area contributed by atoms with Gasteiger partial charge in [-0.25, -0.2) is 0 Å². The van der Waals surface area contributed by atoms with Crippen molar-refractivity contribution in [3.8, 4) is 0 Å². The molecule has 0 unspecified atom stereocenters. The number of hydrogen-bond donors (Lipinski definition) is 2. The van der Waals surface area contributed by atoms with Crippen LogP contribution < -0.4 is 10.6 Å². The first-order valence-electron chi connectivity index (χ1n) is 5.85. The van der Waals surface area contributed by atoms with Gasteiger partial charge < -0.3 is 10.6 Å². The summed E-state index contributed by atoms with van der Waals surface area (Å²) >= 11 is 0. The molecule has 2 nitrogen and oxygen atoms in total. The molecule has 0 radical (unpaired) electrons. The Morgan fingerprint density at radius 1 is 1.29 bits per heavy atom. The van der Waals surface area contributed by atoms with Crippen LogP contribution in [0.15, 0.2) is 12.7 Å². The van der Waals surface area contributed by atoms with E-state index in [1.54, 1.807) is 0 Å². The summed E-state index contributed by atoms with van der Waals surface area (Å²) < 4.78 is 0. The van der Waals surface area contributed by atoms with E-state index >= 15 is 0 Å². The van der Waals surface area contributed by atoms with Crippen molar-refractivity contribution in [2.24, 2.45) is 5.41 Å². The van der Waals surface area contributed by atoms with E-state index in [0.29, 0.717) is 5.41 Å². The topological polar surface area (TPSA) is 24.1 Å². The Morgan fingerprint density at radius 3 is 2.50 bits per heavy atom. The normalized spacial score (nSPS) is 18.9. The van der Waals surface area contributed by atoms with Gasteiger partial charge in [-0.2, -0.15) is 0 Å². The predicted molar refractivity (Wildman–Crippen MR) is 62.5 cm³/mol. The molecule has 0 aromatic heterocycles. The Morgan fingerprint density at radius 2 is 2.00 bits per heavy atom. The van der Waals surface area contributed by atoms with Crippen LogP contribution in [-0.4, -0.2) is 26.2 Å². The lowest BCUT2D eigenvalue weighted by Crippen LogP contribution is -2.41. The number of hydrogen-bond acceptors (Lipinski definition) is 2. The number of nitrogens with one attached hydrogen (secondary N) is 2. The van der Waals surface area contributed by atoms with Gasteiger partial charge in [-0.3, -0.25) is 0 Å². The zero-order valence-corrected chi connectivity index (χ0v) is 9.44. The van der Waals surface area contributed by atoms with Crippen LogP contribution in [-0.2, 0) is 0 Å². The fraction of sp³-hybridized carbons (Fsp3) is 0.833. The van der Waals surface area contributed by atoms with E-state index in [9.17, 15) is 0 Å². The average molecular weight is 196 g/mol. The molecule has 0 amide bonds. The number of rotatable bonds is 8. The Balaban J connectivity index is 1.95. The molecule has 0 atom stereocenters. The van der Waals surface area contributed by atoms with Crippen LogP contribution in [0, 0.1) is 5.41 Å². The van der Waals surface area contributed by atoms with Crippen molar-refractivity contribution in [1.82, 2.24) is 10.6 Å². The summed E-state index contributed by atoms with van der Waals surface area (Å²) in [4.78, 5) is 0. The lowest BCUT2D eigenvalue weighted by atomic mass is 9.67. The average Bonchev–Trinajstić information content (AvgIpc) is 2.15. The molecule has 1 saturated carbocycles. The molecule has 1 aliphatic rings. The van der Waals surface area contributed by atoms with Gasteiger partial charge in [0, 0.05) is 26.2 Å². The maximum absolute atomic E-state index is 3.67. The highest BCUT2D eigenvalue weighted by atomic mass is 14.9. The van der Waals surface area contributed by atoms with Crippen molar-refractivity contribution in [1.29, 1.82) is 0 Å². The quantitative estimate of drug-likeness (QED) is 0.458. The minimum atomic E-state index is 0.651. The van der Waals surface area contributed by atoms with Crippen LogP contribution in [0.3, 0.4) is 0 Å². The molecule has 0 heterocycles. The van der Waals surface area contributed by atoms with E-state index in [1.165, 1.54) is 32.2 Å². The highest BCUT2D eigenvalue weighted by Gasteiger charge is 2.34. The van der Waals surface area contributed by atoms with Crippen LogP contribution in [0.2, 0.25) is 0 Å². The summed E-state index contributed by atoms with van der Waals surface area (Å²) in [5, 5.41) is 6.84. The first-order valence-corrected chi connectivity index (χ1v) is 5.85. The SMILES string of the molecule is C=CCNCCNCC1(CC)CCC1. The molecular weight excluding hydrogens is 172 g/mol. The van der Waals surface area contributed by atoms with Crippen molar-refractivity contribution >= 4 is 0 Å². The molecular formula is C12H24N2. The van der Waals surface area contributed by atoms with Crippen molar-refractivity contribution in [3.05, 3.63) is 12.7 Å². The molecule has 0 bridgehead atoms. The Labute approximate surface area is 88.2 Å². The zero-order valence-electron chi connectivity index (χ0n) is 9.44. The minimum absolute atomic E-state index is 0.651. The molecule has 2 N–H and O–H groups in total. The smallest absolute Gasteiger partial charge is 0.0132 e. The monoisotopic (exact) mass is 196 g/mol. The molecule has 1 aliphatic carbocycles. The molecule has 82 valence electrons. The second kappa shape index (κ2) is 6.20. The van der Waals surface area contributed by atoms with Gasteiger partial charge >= 0.3 is 0 Å². The van der Waals surface area contributed by atoms with Gasteiger partial charge in [0.05, 0.1) is 0 Å². The summed E-state index contributed by atoms with van der Waals surface area (Å²) in [6, 6.07) is 0. The molecule has 1 rings (SSSR count). The second-order valence-electron chi connectivity index (χ2n) is 4.38. The van der Waals surface area contributed by atoms with E-state index in [0.717, 1.165) is 19.6 Å². The third kappa shape index (κ3) is 3.43. The Bertz CT molecular complexity index is 156. The maximum Gasteiger partial charge on any atom is 0.0132 e. The molecule has 0 aromatic rings. The largest absolute Gasteiger partial charge is 0.315 e. The highest BCUT2D eigenvalue weighted by Crippen LogP contribution is 2.42. The summed E-state index contributed by atoms with van der Waals surface area (Å²) in [6.07, 6.45) is 7.52. The van der Waals surface area contributed by atoms with E-state index in [1.807, 2.05) is 6.08 Å². The standard InChI is InChI=1S/C12H24N2/c1-3-8-13-9-10-14-11-12(4-2)6-5-7-12/h3,13-14H,1,4-11H2,2H3. The van der Waals surface area contributed by atoms with Crippen molar-refractivity contribution in [2.45, 2.75) is 32.6 Å². The molecule has 0 spiro atoms. The maximum atomic E-state index is 3.67. The van der Waals surface area contributed by atoms with E-state index in [4.69, 9.17) is 0 Å². The highest BCUT2D eigenvalue weighted by molar-refractivity contribution is 4.88. The van der Waals surface area contributed by atoms with Crippen LogP contribution >= 0.6 is 0 Å². The third-order valence-electron chi connectivity index (χ3n) is 3.43. The minimum Gasteiger partial charge on any atom is -0.315 e. The summed E-state index contributed by atoms with van der Waals surface area (Å²) in [7, 11) is 0. The fourth-order valence-electron chi connectivity index (χ4n) is 2.07. The van der Waals surface area contributed by atoms with Gasteiger partial charge in [-0.1, -0.05) is 19.4 Å². The third-order valence-corrected chi connectivity index (χ3v) is 3.43. The fourth-order valence-corrected chi connectivity index (χ4v) is 2.07. The molecule has 2 heteroatoms. The van der Waals surface area contributed by atoms with Crippen molar-refractivity contribution < 1.29 is 0 Å². The lowest BCUT2D eigenvalue weighted by Gasteiger charge is -2.41. The molecule has 14 heavy (non-hydrogen) atoms. The molecule has 0 aromatic carbocycles. The van der Waals surface area contributed by atoms with Gasteiger partial charge in [0.15, 0.2) is 0 Å². The zero-order chi connectivity index (χ0) is 10.3. The van der Waals surface area contributed by atoms with E-state index < -0.39 is 0 Å². The van der Waals surface area contributed by atoms with Gasteiger partial charge in [-0.05, 0) is 24.7 Å². The van der Waals surface area contributed by atoms with Crippen molar-refractivity contribution in [2.75, 3.05) is 26.2 Å². The first kappa shape index (κ1) is 11.7. The molecule has 0 saturated heterocycles. The Kier molecular flexibility index (Phi) is 5.20. The molecule has 1 fully saturated rings. The summed E-state index contributed by atoms with van der Waals surface area (Å²) in [5.41, 5.74) is 0.651. The lowest BCUT2D eigenvalue weighted by molar-refractivity contribution is 0.124. The van der Waals surface area contributed by atoms with Gasteiger partial charge in [0.1, 0.15) is 0 Å². The first-order chi connectivity index (χ1) is 6.83. The summed E-state index contributed by atoms with van der Waals surface area (Å²) in [5.74, 6) is 0. The predicted octanol–water partition coefficient (Wildman–Crippen LogP) is 1.93. The second-order valence-corrected chi connectivity index (χ2v) is 4.38. The Hall–Kier alpha value is -0.340. The van der Waals surface area contributed by atoms with Crippen LogP contribution in [0.25, 0.3) is 0 Å². The summed E-state index contributed by atoms with van der Waals surface area (Å²) in [6.45, 7) is 10.2. The van der Waals surface area contributed by atoms with Gasteiger partial charge in [0.25, 0.3) is 0 Å². The van der Waals surface area contributed by atoms with Crippen molar-refractivity contribution in [3.63, 3.8) is 0 Å². The van der Waals surface area contributed by atoms with Crippen LogP contribution in [0.5, 0.6) is 0 Å². The van der Waals surface area contributed by atoms with Crippen LogP contribution in [0.4, 0.5) is 0 Å². The molecule has 0 aliphatic heterocycles. The van der Waals surface area contributed by atoms with E-state index in [2.05, 4.69) is 24.1 Å². The van der Waals surface area contributed by atoms with Gasteiger partial charge in [0.2, 0.25) is 0 Å². The van der Waals surface area contributed by atoms with E-state index in [-0.39, 0.29) is 0 Å². The van der Waals surface area contributed by atoms with Gasteiger partial charge in [-0.15, -0.1) is 6.58 Å².